The topological polar surface area (TPSA) is 29.3 Å². The minimum Gasteiger partial charge on any atom is -0.329 e. The van der Waals surface area contributed by atoms with E-state index < -0.39 is 23.5 Å². The van der Waals surface area contributed by atoms with Crippen molar-refractivity contribution in [3.63, 3.8) is 0 Å². The molecule has 0 saturated carbocycles. The quantitative estimate of drug-likeness (QED) is 0.867. The number of benzene rings is 1. The van der Waals surface area contributed by atoms with E-state index in [4.69, 9.17) is 5.73 Å². The lowest BCUT2D eigenvalue weighted by atomic mass is 10.0. The predicted octanol–water partition coefficient (Wildman–Crippen LogP) is 2.93. The number of thioether (sulfide) groups is 1. The van der Waals surface area contributed by atoms with Crippen LogP contribution in [-0.4, -0.2) is 35.5 Å². The highest BCUT2D eigenvalue weighted by atomic mass is 32.2. The molecule has 1 saturated heterocycles. The normalized spacial score (nSPS) is 21.9. The van der Waals surface area contributed by atoms with E-state index in [2.05, 4.69) is 11.8 Å². The van der Waals surface area contributed by atoms with Crippen molar-refractivity contribution in [1.29, 1.82) is 0 Å². The first kappa shape index (κ1) is 15.7. The summed E-state index contributed by atoms with van der Waals surface area (Å²) >= 11 is 1.89. The Kier molecular flexibility index (Phi) is 5.35. The molecule has 1 aliphatic rings. The second-order valence-electron chi connectivity index (χ2n) is 4.94. The summed E-state index contributed by atoms with van der Waals surface area (Å²) in [4.78, 5) is 2.07. The molecule has 0 bridgehead atoms. The summed E-state index contributed by atoms with van der Waals surface area (Å²) < 4.78 is 40.3. The van der Waals surface area contributed by atoms with Gasteiger partial charge in [0.15, 0.2) is 11.6 Å². The third-order valence-corrected chi connectivity index (χ3v) is 5.06. The van der Waals surface area contributed by atoms with Crippen LogP contribution in [0.5, 0.6) is 0 Å². The first-order chi connectivity index (χ1) is 9.56. The summed E-state index contributed by atoms with van der Waals surface area (Å²) in [5.41, 5.74) is 5.89. The van der Waals surface area contributed by atoms with Gasteiger partial charge in [-0.25, -0.2) is 13.2 Å². The second kappa shape index (κ2) is 6.83. The van der Waals surface area contributed by atoms with Crippen LogP contribution < -0.4 is 5.73 Å². The molecule has 1 aromatic rings. The van der Waals surface area contributed by atoms with E-state index in [1.54, 1.807) is 0 Å². The number of hydrogen-bond acceptors (Lipinski definition) is 3. The number of nitrogens with zero attached hydrogens (tertiary/aromatic N) is 1. The molecule has 1 fully saturated rings. The smallest absolute Gasteiger partial charge is 0.161 e. The highest BCUT2D eigenvalue weighted by Gasteiger charge is 2.28. The molecule has 2 N–H and O–H groups in total. The van der Waals surface area contributed by atoms with Crippen LogP contribution in [0.25, 0.3) is 0 Å². The Morgan fingerprint density at radius 1 is 1.30 bits per heavy atom. The monoisotopic (exact) mass is 304 g/mol. The Morgan fingerprint density at radius 2 is 2.00 bits per heavy atom. The fourth-order valence-electron chi connectivity index (χ4n) is 2.54. The number of halogens is 3. The molecule has 0 radical (unpaired) electrons. The van der Waals surface area contributed by atoms with Crippen LogP contribution >= 0.6 is 11.8 Å². The maximum absolute atomic E-state index is 13.9. The largest absolute Gasteiger partial charge is 0.329 e. The molecule has 6 heteroatoms. The minimum absolute atomic E-state index is 0.146. The van der Waals surface area contributed by atoms with Crippen LogP contribution in [0.2, 0.25) is 0 Å². The summed E-state index contributed by atoms with van der Waals surface area (Å²) in [6.45, 7) is 3.86. The van der Waals surface area contributed by atoms with E-state index >= 15 is 0 Å². The average molecular weight is 304 g/mol. The molecule has 1 aromatic carbocycles. The third kappa shape index (κ3) is 3.30. The van der Waals surface area contributed by atoms with Gasteiger partial charge in [0.05, 0.1) is 6.04 Å². The standard InChI is InChI=1S/C14H19F3N2S/c1-2-9-8-19(3-4-20-9)14(7-18)10-5-12(16)13(17)6-11(10)15/h5-6,9,14H,2-4,7-8,18H2,1H3. The van der Waals surface area contributed by atoms with Crippen molar-refractivity contribution in [2.45, 2.75) is 24.6 Å². The van der Waals surface area contributed by atoms with Gasteiger partial charge in [-0.15, -0.1) is 0 Å². The SMILES string of the molecule is CCC1CN(C(CN)c2cc(F)c(F)cc2F)CCS1. The van der Waals surface area contributed by atoms with E-state index in [9.17, 15) is 13.2 Å². The number of hydrogen-bond donors (Lipinski definition) is 1. The zero-order chi connectivity index (χ0) is 14.7. The lowest BCUT2D eigenvalue weighted by Gasteiger charge is -2.37. The van der Waals surface area contributed by atoms with E-state index in [0.29, 0.717) is 11.3 Å². The first-order valence-electron chi connectivity index (χ1n) is 6.77. The summed E-state index contributed by atoms with van der Waals surface area (Å²) in [6.07, 6.45) is 1.03. The summed E-state index contributed by atoms with van der Waals surface area (Å²) in [6, 6.07) is 1.13. The van der Waals surface area contributed by atoms with Gasteiger partial charge in [-0.1, -0.05) is 6.92 Å². The molecule has 0 amide bonds. The highest BCUT2D eigenvalue weighted by Crippen LogP contribution is 2.30. The molecule has 0 aliphatic carbocycles. The molecular formula is C14H19F3N2S. The Morgan fingerprint density at radius 3 is 2.65 bits per heavy atom. The summed E-state index contributed by atoms with van der Waals surface area (Å²) in [5.74, 6) is -1.98. The van der Waals surface area contributed by atoms with Gasteiger partial charge in [0.2, 0.25) is 0 Å². The average Bonchev–Trinajstić information content (AvgIpc) is 2.45. The van der Waals surface area contributed by atoms with Crippen molar-refractivity contribution in [2.24, 2.45) is 5.73 Å². The van der Waals surface area contributed by atoms with E-state index in [-0.39, 0.29) is 12.1 Å². The Balaban J connectivity index is 2.25. The lowest BCUT2D eigenvalue weighted by Crippen LogP contribution is -2.43. The van der Waals surface area contributed by atoms with Crippen LogP contribution in [0, 0.1) is 17.5 Å². The zero-order valence-electron chi connectivity index (χ0n) is 11.4. The minimum atomic E-state index is -1.16. The Hall–Kier alpha value is -0.720. The fourth-order valence-corrected chi connectivity index (χ4v) is 3.74. The zero-order valence-corrected chi connectivity index (χ0v) is 12.2. The number of rotatable bonds is 4. The second-order valence-corrected chi connectivity index (χ2v) is 6.34. The van der Waals surface area contributed by atoms with Crippen LogP contribution in [0.3, 0.4) is 0 Å². The van der Waals surface area contributed by atoms with Crippen LogP contribution in [-0.2, 0) is 0 Å². The van der Waals surface area contributed by atoms with Crippen LogP contribution in [0.1, 0.15) is 24.9 Å². The number of nitrogens with two attached hydrogens (primary N) is 1. The third-order valence-electron chi connectivity index (χ3n) is 3.69. The van der Waals surface area contributed by atoms with Crippen LogP contribution in [0.15, 0.2) is 12.1 Å². The van der Waals surface area contributed by atoms with E-state index in [0.717, 1.165) is 31.3 Å². The molecule has 0 spiro atoms. The maximum Gasteiger partial charge on any atom is 0.161 e. The highest BCUT2D eigenvalue weighted by molar-refractivity contribution is 8.00. The van der Waals surface area contributed by atoms with Gasteiger partial charge >= 0.3 is 0 Å². The summed E-state index contributed by atoms with van der Waals surface area (Å²) in [7, 11) is 0. The molecule has 2 nitrogen and oxygen atoms in total. The summed E-state index contributed by atoms with van der Waals surface area (Å²) in [5, 5.41) is 0.478. The lowest BCUT2D eigenvalue weighted by molar-refractivity contribution is 0.203. The van der Waals surface area contributed by atoms with Gasteiger partial charge < -0.3 is 5.73 Å². The molecule has 2 rings (SSSR count). The van der Waals surface area contributed by atoms with Crippen molar-refractivity contribution in [2.75, 3.05) is 25.4 Å². The van der Waals surface area contributed by atoms with Gasteiger partial charge in [0.1, 0.15) is 5.82 Å². The first-order valence-corrected chi connectivity index (χ1v) is 7.81. The molecule has 2 atom stereocenters. The van der Waals surface area contributed by atoms with Gasteiger partial charge in [-0.2, -0.15) is 11.8 Å². The molecule has 112 valence electrons. The Labute approximate surface area is 121 Å². The fraction of sp³-hybridized carbons (Fsp3) is 0.571. The van der Waals surface area contributed by atoms with Gasteiger partial charge in [-0.05, 0) is 12.5 Å². The molecule has 1 aliphatic heterocycles. The van der Waals surface area contributed by atoms with Crippen molar-refractivity contribution in [1.82, 2.24) is 4.90 Å². The van der Waals surface area contributed by atoms with Crippen molar-refractivity contribution in [3.05, 3.63) is 35.1 Å². The molecule has 0 aromatic heterocycles. The van der Waals surface area contributed by atoms with Gasteiger partial charge in [0.25, 0.3) is 0 Å². The molecule has 1 heterocycles. The van der Waals surface area contributed by atoms with Crippen LogP contribution in [0.4, 0.5) is 13.2 Å². The predicted molar refractivity (Wildman–Crippen MR) is 76.2 cm³/mol. The molecular weight excluding hydrogens is 285 g/mol. The van der Waals surface area contributed by atoms with Crippen molar-refractivity contribution < 1.29 is 13.2 Å². The van der Waals surface area contributed by atoms with Crippen molar-refractivity contribution in [3.8, 4) is 0 Å². The van der Waals surface area contributed by atoms with Crippen molar-refractivity contribution >= 4 is 11.8 Å². The Bertz CT molecular complexity index is 470. The van der Waals surface area contributed by atoms with Gasteiger partial charge in [-0.3, -0.25) is 4.90 Å². The molecule has 2 unspecified atom stereocenters. The van der Waals surface area contributed by atoms with E-state index in [1.165, 1.54) is 0 Å². The van der Waals surface area contributed by atoms with E-state index in [1.807, 2.05) is 11.8 Å². The molecule has 20 heavy (non-hydrogen) atoms. The maximum atomic E-state index is 13.9. The van der Waals surface area contributed by atoms with Gasteiger partial charge in [0, 0.05) is 42.3 Å².